The summed E-state index contributed by atoms with van der Waals surface area (Å²) in [7, 11) is -2.87. The predicted octanol–water partition coefficient (Wildman–Crippen LogP) is 4.44. The summed E-state index contributed by atoms with van der Waals surface area (Å²) >= 11 is 0. The fourth-order valence-electron chi connectivity index (χ4n) is 3.03. The molecule has 0 aliphatic carbocycles. The fourth-order valence-corrected chi connectivity index (χ4v) is 3.03. The van der Waals surface area contributed by atoms with Crippen molar-refractivity contribution in [3.05, 3.63) is 0 Å². The molecule has 156 valence electrons. The molecule has 1 rings (SSSR count). The van der Waals surface area contributed by atoms with Gasteiger partial charge in [0.2, 0.25) is 0 Å². The van der Waals surface area contributed by atoms with Gasteiger partial charge in [-0.25, -0.2) is 26.3 Å². The van der Waals surface area contributed by atoms with Gasteiger partial charge in [0.1, 0.15) is 0 Å². The molecule has 1 aliphatic heterocycles. The van der Waals surface area contributed by atoms with Crippen molar-refractivity contribution in [2.45, 2.75) is 75.8 Å². The summed E-state index contributed by atoms with van der Waals surface area (Å²) in [5.41, 5.74) is -1.68. The lowest BCUT2D eigenvalue weighted by molar-refractivity contribution is -0.189. The van der Waals surface area contributed by atoms with E-state index < -0.39 is 57.5 Å². The largest absolute Gasteiger partial charge is 0.692 e. The lowest BCUT2D eigenvalue weighted by atomic mass is 9.80. The van der Waals surface area contributed by atoms with Gasteiger partial charge >= 0.3 is 33.0 Å². The van der Waals surface area contributed by atoms with E-state index in [1.54, 1.807) is 0 Å². The SMILES string of the molecule is CC1CCCC(C)(CC(F)(F)C(F)F)N1CC(F)(F)C(F)F.O=[P+](O)O. The summed E-state index contributed by atoms with van der Waals surface area (Å²) < 4.78 is 112. The van der Waals surface area contributed by atoms with E-state index in [0.717, 1.165) is 11.8 Å². The monoisotopic (exact) mass is 422 g/mol. The number of likely N-dealkylation sites (tertiary alicyclic amines) is 1. The highest BCUT2D eigenvalue weighted by Crippen LogP contribution is 2.43. The average molecular weight is 422 g/mol. The van der Waals surface area contributed by atoms with Crippen molar-refractivity contribution in [2.75, 3.05) is 6.54 Å². The number of alkyl halides is 8. The number of nitrogens with zero attached hydrogens (tertiary/aromatic N) is 1. The van der Waals surface area contributed by atoms with E-state index in [1.165, 1.54) is 6.92 Å². The van der Waals surface area contributed by atoms with Gasteiger partial charge in [0.25, 0.3) is 0 Å². The van der Waals surface area contributed by atoms with Crippen LogP contribution in [0.1, 0.15) is 39.5 Å². The van der Waals surface area contributed by atoms with E-state index in [-0.39, 0.29) is 6.42 Å². The molecule has 2 unspecified atom stereocenters. The van der Waals surface area contributed by atoms with Gasteiger partial charge in [-0.15, -0.1) is 9.79 Å². The van der Waals surface area contributed by atoms with Crippen LogP contribution in [0.2, 0.25) is 0 Å². The third-order valence-corrected chi connectivity index (χ3v) is 4.20. The zero-order valence-electron chi connectivity index (χ0n) is 14.0. The molecule has 1 fully saturated rings. The first-order valence-electron chi connectivity index (χ1n) is 7.49. The third-order valence-electron chi connectivity index (χ3n) is 4.20. The molecule has 26 heavy (non-hydrogen) atoms. The highest BCUT2D eigenvalue weighted by atomic mass is 31.1. The molecular weight excluding hydrogens is 401 g/mol. The zero-order valence-corrected chi connectivity index (χ0v) is 14.9. The zero-order chi connectivity index (χ0) is 20.9. The molecular formula is C13H21F8NO3P+. The van der Waals surface area contributed by atoms with Gasteiger partial charge in [0, 0.05) is 22.6 Å². The van der Waals surface area contributed by atoms with Crippen molar-refractivity contribution in [1.29, 1.82) is 0 Å². The van der Waals surface area contributed by atoms with Gasteiger partial charge in [0.05, 0.1) is 6.54 Å². The van der Waals surface area contributed by atoms with Crippen LogP contribution in [0.25, 0.3) is 0 Å². The summed E-state index contributed by atoms with van der Waals surface area (Å²) in [6.45, 7) is 1.17. The van der Waals surface area contributed by atoms with Gasteiger partial charge in [-0.1, -0.05) is 6.42 Å². The molecule has 0 aromatic rings. The van der Waals surface area contributed by atoms with Crippen molar-refractivity contribution in [3.63, 3.8) is 0 Å². The molecule has 0 saturated carbocycles. The molecule has 4 nitrogen and oxygen atoms in total. The van der Waals surface area contributed by atoms with Crippen LogP contribution in [0.15, 0.2) is 0 Å². The molecule has 1 heterocycles. The molecule has 2 atom stereocenters. The van der Waals surface area contributed by atoms with Crippen LogP contribution in [0.3, 0.4) is 0 Å². The summed E-state index contributed by atoms with van der Waals surface area (Å²) in [5.74, 6) is -8.74. The Hall–Kier alpha value is -0.580. The smallest absolute Gasteiger partial charge is 0.289 e. The maximum atomic E-state index is 13.4. The Morgan fingerprint density at radius 3 is 1.92 bits per heavy atom. The number of hydrogen-bond acceptors (Lipinski definition) is 2. The maximum Gasteiger partial charge on any atom is 0.692 e. The van der Waals surface area contributed by atoms with Crippen LogP contribution in [0.5, 0.6) is 0 Å². The molecule has 1 aliphatic rings. The first kappa shape index (κ1) is 25.4. The Morgan fingerprint density at radius 1 is 1.12 bits per heavy atom. The van der Waals surface area contributed by atoms with Crippen molar-refractivity contribution in [1.82, 2.24) is 4.90 Å². The quantitative estimate of drug-likeness (QED) is 0.491. The average Bonchev–Trinajstić information content (AvgIpc) is 2.41. The molecule has 0 aromatic heterocycles. The summed E-state index contributed by atoms with van der Waals surface area (Å²) in [6.07, 6.45) is -8.51. The Kier molecular flexibility index (Phi) is 9.35. The second kappa shape index (κ2) is 9.57. The van der Waals surface area contributed by atoms with E-state index in [4.69, 9.17) is 14.4 Å². The van der Waals surface area contributed by atoms with Crippen LogP contribution in [-0.4, -0.2) is 57.5 Å². The molecule has 0 radical (unpaired) electrons. The molecule has 0 spiro atoms. The molecule has 13 heteroatoms. The van der Waals surface area contributed by atoms with E-state index in [9.17, 15) is 35.1 Å². The lowest BCUT2D eigenvalue weighted by Gasteiger charge is -2.50. The summed E-state index contributed by atoms with van der Waals surface area (Å²) in [4.78, 5) is 15.1. The van der Waals surface area contributed by atoms with Gasteiger partial charge in [0.15, 0.2) is 0 Å². The molecule has 0 amide bonds. The van der Waals surface area contributed by atoms with Crippen molar-refractivity contribution in [2.24, 2.45) is 0 Å². The van der Waals surface area contributed by atoms with Gasteiger partial charge in [-0.05, 0) is 26.7 Å². The number of halogens is 8. The Bertz CT molecular complexity index is 465. The van der Waals surface area contributed by atoms with Crippen LogP contribution in [0.4, 0.5) is 35.1 Å². The lowest BCUT2D eigenvalue weighted by Crippen LogP contribution is -2.60. The standard InChI is InChI=1S/C13H19F8N.HO3P/c1-8-4-3-5-11(2,6-12(18,19)9(14)15)22(8)7-13(20,21)10(16)17;1-4(2)3/h8-10H,3-7H2,1-2H3;(H-,1,2,3)/p+1. The Morgan fingerprint density at radius 2 is 1.54 bits per heavy atom. The molecule has 0 aromatic carbocycles. The first-order chi connectivity index (χ1) is 11.5. The molecule has 0 bridgehead atoms. The second-order valence-corrected chi connectivity index (χ2v) is 6.92. The maximum absolute atomic E-state index is 13.4. The van der Waals surface area contributed by atoms with Gasteiger partial charge in [-0.2, -0.15) is 8.78 Å². The highest BCUT2D eigenvalue weighted by molar-refractivity contribution is 7.30. The fraction of sp³-hybridized carbons (Fsp3) is 1.00. The van der Waals surface area contributed by atoms with Crippen molar-refractivity contribution in [3.8, 4) is 0 Å². The topological polar surface area (TPSA) is 60.8 Å². The summed E-state index contributed by atoms with van der Waals surface area (Å²) in [5, 5.41) is 0. The summed E-state index contributed by atoms with van der Waals surface area (Å²) in [6, 6.07) is -0.670. The van der Waals surface area contributed by atoms with Crippen LogP contribution < -0.4 is 0 Å². The van der Waals surface area contributed by atoms with E-state index in [0.29, 0.717) is 12.8 Å². The number of piperidine rings is 1. The number of rotatable bonds is 6. The highest BCUT2D eigenvalue weighted by Gasteiger charge is 2.53. The van der Waals surface area contributed by atoms with E-state index >= 15 is 0 Å². The molecule has 2 N–H and O–H groups in total. The molecule has 1 saturated heterocycles. The first-order valence-corrected chi connectivity index (χ1v) is 8.65. The van der Waals surface area contributed by atoms with E-state index in [1.807, 2.05) is 0 Å². The minimum Gasteiger partial charge on any atom is -0.289 e. The second-order valence-electron chi connectivity index (χ2n) is 6.42. The predicted molar refractivity (Wildman–Crippen MR) is 77.0 cm³/mol. The number of hydrogen-bond donors (Lipinski definition) is 2. The Labute approximate surface area is 146 Å². The van der Waals surface area contributed by atoms with Crippen LogP contribution >= 0.6 is 8.25 Å². The van der Waals surface area contributed by atoms with Gasteiger partial charge < -0.3 is 0 Å². The van der Waals surface area contributed by atoms with Crippen molar-refractivity contribution >= 4 is 8.25 Å². The minimum absolute atomic E-state index is 0.0288. The van der Waals surface area contributed by atoms with Crippen LogP contribution in [0, 0.1) is 0 Å². The normalized spacial score (nSPS) is 25.2. The minimum atomic E-state index is -4.38. The third kappa shape index (κ3) is 7.58. The van der Waals surface area contributed by atoms with Gasteiger partial charge in [-0.3, -0.25) is 4.90 Å². The van der Waals surface area contributed by atoms with E-state index in [2.05, 4.69) is 0 Å². The Balaban J connectivity index is 0.00000141. The van der Waals surface area contributed by atoms with Crippen molar-refractivity contribution < 1.29 is 49.5 Å². The van der Waals surface area contributed by atoms with Crippen LogP contribution in [-0.2, 0) is 4.57 Å².